The Morgan fingerprint density at radius 3 is 2.56 bits per heavy atom. The summed E-state index contributed by atoms with van der Waals surface area (Å²) in [5.41, 5.74) is 8.37. The summed E-state index contributed by atoms with van der Waals surface area (Å²) in [6.45, 7) is 2.74. The molecule has 96 valence electrons. The molecule has 2 rings (SSSR count). The molecule has 0 spiro atoms. The summed E-state index contributed by atoms with van der Waals surface area (Å²) in [5.74, 6) is 0.929. The van der Waals surface area contributed by atoms with Crippen LogP contribution in [0.3, 0.4) is 0 Å². The quantitative estimate of drug-likeness (QED) is 0.866. The zero-order chi connectivity index (χ0) is 12.8. The van der Waals surface area contributed by atoms with E-state index in [1.807, 2.05) is 19.1 Å². The zero-order valence-corrected chi connectivity index (χ0v) is 11.5. The van der Waals surface area contributed by atoms with Crippen LogP contribution in [0.1, 0.15) is 18.1 Å². The molecule has 0 saturated heterocycles. The van der Waals surface area contributed by atoms with Gasteiger partial charge in [-0.25, -0.2) is 0 Å². The van der Waals surface area contributed by atoms with E-state index in [0.29, 0.717) is 0 Å². The third-order valence-corrected chi connectivity index (χ3v) is 3.45. The largest absolute Gasteiger partial charge is 0.493 e. The number of rotatable bonds is 6. The number of hydrogen-bond donors (Lipinski definition) is 1. The Labute approximate surface area is 112 Å². The summed E-state index contributed by atoms with van der Waals surface area (Å²) in [6.07, 6.45) is 1.88. The highest BCUT2D eigenvalue weighted by Gasteiger charge is 1.99. The first kappa shape index (κ1) is 13.1. The Morgan fingerprint density at radius 1 is 1.17 bits per heavy atom. The van der Waals surface area contributed by atoms with Crippen LogP contribution >= 0.6 is 11.3 Å². The molecular formula is C15H19NOS. The smallest absolute Gasteiger partial charge is 0.119 e. The van der Waals surface area contributed by atoms with Crippen molar-refractivity contribution < 1.29 is 4.74 Å². The zero-order valence-electron chi connectivity index (χ0n) is 10.6. The summed E-state index contributed by atoms with van der Waals surface area (Å²) in [4.78, 5) is 0. The normalized spacial score (nSPS) is 12.3. The van der Waals surface area contributed by atoms with Crippen LogP contribution in [0.15, 0.2) is 41.1 Å². The number of ether oxygens (including phenoxy) is 1. The van der Waals surface area contributed by atoms with E-state index < -0.39 is 0 Å². The molecule has 2 aromatic rings. The van der Waals surface area contributed by atoms with Crippen molar-refractivity contribution in [3.05, 3.63) is 52.2 Å². The van der Waals surface area contributed by atoms with Crippen LogP contribution in [0.4, 0.5) is 0 Å². The van der Waals surface area contributed by atoms with Crippen LogP contribution in [-0.4, -0.2) is 12.6 Å². The maximum atomic E-state index is 5.77. The second-order valence-electron chi connectivity index (χ2n) is 4.56. The molecule has 0 saturated carbocycles. The van der Waals surface area contributed by atoms with Gasteiger partial charge in [0.05, 0.1) is 6.61 Å². The SMILES string of the molecule is CC(N)Cc1ccc(OCCc2ccsc2)cc1. The molecule has 1 atom stereocenters. The topological polar surface area (TPSA) is 35.2 Å². The van der Waals surface area contributed by atoms with Crippen molar-refractivity contribution in [2.45, 2.75) is 25.8 Å². The average Bonchev–Trinajstić information content (AvgIpc) is 2.84. The predicted octanol–water partition coefficient (Wildman–Crippen LogP) is 3.26. The Hall–Kier alpha value is -1.32. The molecule has 1 heterocycles. The molecule has 0 fully saturated rings. The molecule has 2 N–H and O–H groups in total. The van der Waals surface area contributed by atoms with E-state index in [2.05, 4.69) is 29.0 Å². The highest BCUT2D eigenvalue weighted by molar-refractivity contribution is 7.07. The lowest BCUT2D eigenvalue weighted by molar-refractivity contribution is 0.322. The van der Waals surface area contributed by atoms with Crippen LogP contribution in [0.25, 0.3) is 0 Å². The molecule has 0 amide bonds. The lowest BCUT2D eigenvalue weighted by Gasteiger charge is -2.08. The van der Waals surface area contributed by atoms with Gasteiger partial charge in [0.1, 0.15) is 5.75 Å². The monoisotopic (exact) mass is 261 g/mol. The highest BCUT2D eigenvalue weighted by atomic mass is 32.1. The third-order valence-electron chi connectivity index (χ3n) is 2.72. The average molecular weight is 261 g/mol. The Bertz CT molecular complexity index is 448. The molecule has 18 heavy (non-hydrogen) atoms. The first-order valence-corrected chi connectivity index (χ1v) is 7.17. The molecular weight excluding hydrogens is 242 g/mol. The summed E-state index contributed by atoms with van der Waals surface area (Å²) >= 11 is 1.73. The van der Waals surface area contributed by atoms with Gasteiger partial charge in [-0.15, -0.1) is 0 Å². The fraction of sp³-hybridized carbons (Fsp3) is 0.333. The Morgan fingerprint density at radius 2 is 1.94 bits per heavy atom. The van der Waals surface area contributed by atoms with Crippen molar-refractivity contribution in [3.63, 3.8) is 0 Å². The van der Waals surface area contributed by atoms with E-state index in [9.17, 15) is 0 Å². The van der Waals surface area contributed by atoms with Crippen molar-refractivity contribution >= 4 is 11.3 Å². The maximum Gasteiger partial charge on any atom is 0.119 e. The van der Waals surface area contributed by atoms with Gasteiger partial charge < -0.3 is 10.5 Å². The van der Waals surface area contributed by atoms with Crippen LogP contribution in [-0.2, 0) is 12.8 Å². The molecule has 0 radical (unpaired) electrons. The van der Waals surface area contributed by atoms with Crippen molar-refractivity contribution in [1.82, 2.24) is 0 Å². The summed E-state index contributed by atoms with van der Waals surface area (Å²) < 4.78 is 5.71. The van der Waals surface area contributed by atoms with Gasteiger partial charge >= 0.3 is 0 Å². The van der Waals surface area contributed by atoms with Gasteiger partial charge in [0.15, 0.2) is 0 Å². The molecule has 1 aromatic carbocycles. The maximum absolute atomic E-state index is 5.77. The number of thiophene rings is 1. The van der Waals surface area contributed by atoms with Crippen LogP contribution in [0.2, 0.25) is 0 Å². The fourth-order valence-electron chi connectivity index (χ4n) is 1.82. The molecule has 1 aromatic heterocycles. The molecule has 3 heteroatoms. The minimum atomic E-state index is 0.204. The molecule has 0 bridgehead atoms. The van der Waals surface area contributed by atoms with Gasteiger partial charge in [-0.3, -0.25) is 0 Å². The lowest BCUT2D eigenvalue weighted by Crippen LogP contribution is -2.17. The number of nitrogens with two attached hydrogens (primary N) is 1. The minimum Gasteiger partial charge on any atom is -0.493 e. The van der Waals surface area contributed by atoms with Gasteiger partial charge in [0, 0.05) is 12.5 Å². The van der Waals surface area contributed by atoms with Gasteiger partial charge in [0.25, 0.3) is 0 Å². The summed E-state index contributed by atoms with van der Waals surface area (Å²) in [6, 6.07) is 10.6. The number of hydrogen-bond acceptors (Lipinski definition) is 3. The summed E-state index contributed by atoms with van der Waals surface area (Å²) in [5, 5.41) is 4.26. The van der Waals surface area contributed by atoms with Crippen molar-refractivity contribution in [2.24, 2.45) is 5.73 Å². The predicted molar refractivity (Wildman–Crippen MR) is 77.3 cm³/mol. The second-order valence-corrected chi connectivity index (χ2v) is 5.34. The molecule has 0 aliphatic heterocycles. The van der Waals surface area contributed by atoms with Crippen molar-refractivity contribution in [2.75, 3.05) is 6.61 Å². The van der Waals surface area contributed by atoms with Gasteiger partial charge in [-0.2, -0.15) is 11.3 Å². The van der Waals surface area contributed by atoms with Gasteiger partial charge in [0.2, 0.25) is 0 Å². The van der Waals surface area contributed by atoms with E-state index in [-0.39, 0.29) is 6.04 Å². The van der Waals surface area contributed by atoms with E-state index >= 15 is 0 Å². The van der Waals surface area contributed by atoms with Crippen LogP contribution < -0.4 is 10.5 Å². The first-order valence-electron chi connectivity index (χ1n) is 6.22. The van der Waals surface area contributed by atoms with Crippen molar-refractivity contribution in [3.8, 4) is 5.75 Å². The molecule has 1 unspecified atom stereocenters. The van der Waals surface area contributed by atoms with E-state index in [0.717, 1.165) is 25.2 Å². The second kappa shape index (κ2) is 6.57. The molecule has 0 aliphatic rings. The first-order chi connectivity index (χ1) is 8.74. The van der Waals surface area contributed by atoms with E-state index in [1.165, 1.54) is 11.1 Å². The van der Waals surface area contributed by atoms with Crippen molar-refractivity contribution in [1.29, 1.82) is 0 Å². The standard InChI is InChI=1S/C15H19NOS/c1-12(16)10-13-2-4-15(5-3-13)17-8-6-14-7-9-18-11-14/h2-5,7,9,11-12H,6,8,10,16H2,1H3. The van der Waals surface area contributed by atoms with Gasteiger partial charge in [-0.05, 0) is 53.4 Å². The Kier molecular flexibility index (Phi) is 4.79. The minimum absolute atomic E-state index is 0.204. The molecule has 2 nitrogen and oxygen atoms in total. The highest BCUT2D eigenvalue weighted by Crippen LogP contribution is 2.14. The van der Waals surface area contributed by atoms with E-state index in [1.54, 1.807) is 11.3 Å². The fourth-order valence-corrected chi connectivity index (χ4v) is 2.52. The van der Waals surface area contributed by atoms with Crippen LogP contribution in [0, 0.1) is 0 Å². The number of benzene rings is 1. The van der Waals surface area contributed by atoms with Gasteiger partial charge in [-0.1, -0.05) is 12.1 Å². The summed E-state index contributed by atoms with van der Waals surface area (Å²) in [7, 11) is 0. The van der Waals surface area contributed by atoms with Crippen LogP contribution in [0.5, 0.6) is 5.75 Å². The van der Waals surface area contributed by atoms with E-state index in [4.69, 9.17) is 10.5 Å². The third kappa shape index (κ3) is 4.17. The molecule has 0 aliphatic carbocycles. The Balaban J connectivity index is 1.79. The lowest BCUT2D eigenvalue weighted by atomic mass is 10.1.